The predicted molar refractivity (Wildman–Crippen MR) is 106 cm³/mol. The van der Waals surface area contributed by atoms with Crippen LogP contribution in [0.3, 0.4) is 0 Å². The van der Waals surface area contributed by atoms with Gasteiger partial charge in [0.15, 0.2) is 0 Å². The summed E-state index contributed by atoms with van der Waals surface area (Å²) in [6.07, 6.45) is 1.66. The Morgan fingerprint density at radius 3 is 2.26 bits per heavy atom. The zero-order valence-corrected chi connectivity index (χ0v) is 16.4. The van der Waals surface area contributed by atoms with Gasteiger partial charge in [0.1, 0.15) is 18.0 Å². The molecule has 0 bridgehead atoms. The Balaban J connectivity index is 1.48. The van der Waals surface area contributed by atoms with E-state index in [1.165, 1.54) is 0 Å². The summed E-state index contributed by atoms with van der Waals surface area (Å²) < 4.78 is 5.46. The highest BCUT2D eigenvalue weighted by molar-refractivity contribution is 5.51. The monoisotopic (exact) mass is 369 g/mol. The molecule has 2 aromatic rings. The molecule has 2 aliphatic rings. The Hall–Kier alpha value is -2.48. The largest absolute Gasteiger partial charge is 0.378 e. The highest BCUT2D eigenvalue weighted by Gasteiger charge is 2.23. The van der Waals surface area contributed by atoms with E-state index in [4.69, 9.17) is 14.7 Å². The molecule has 27 heavy (non-hydrogen) atoms. The zero-order valence-electron chi connectivity index (χ0n) is 16.4. The number of hydrogen-bond acceptors (Lipinski definition) is 8. The van der Waals surface area contributed by atoms with Gasteiger partial charge in [0.2, 0.25) is 5.95 Å². The number of rotatable bonds is 3. The lowest BCUT2D eigenvalue weighted by atomic mass is 10.2. The fourth-order valence-electron chi connectivity index (χ4n) is 3.60. The molecule has 2 aromatic heterocycles. The van der Waals surface area contributed by atoms with Crippen LogP contribution in [0.1, 0.15) is 17.0 Å². The smallest absolute Gasteiger partial charge is 0.227 e. The average molecular weight is 369 g/mol. The minimum absolute atomic E-state index is 0.759. The molecule has 2 fully saturated rings. The molecule has 0 atom stereocenters. The third kappa shape index (κ3) is 3.80. The number of ether oxygens (including phenoxy) is 1. The molecule has 8 nitrogen and oxygen atoms in total. The predicted octanol–water partition coefficient (Wildman–Crippen LogP) is 1.36. The maximum Gasteiger partial charge on any atom is 0.227 e. The van der Waals surface area contributed by atoms with Gasteiger partial charge in [-0.05, 0) is 20.8 Å². The van der Waals surface area contributed by atoms with Crippen LogP contribution < -0.4 is 14.7 Å². The van der Waals surface area contributed by atoms with E-state index in [1.807, 2.05) is 13.8 Å². The molecule has 0 saturated carbocycles. The lowest BCUT2D eigenvalue weighted by molar-refractivity contribution is 0.122. The van der Waals surface area contributed by atoms with Crippen LogP contribution in [-0.2, 0) is 4.74 Å². The second kappa shape index (κ2) is 7.64. The lowest BCUT2D eigenvalue weighted by Gasteiger charge is -2.36. The molecule has 8 heteroatoms. The average Bonchev–Trinajstić information content (AvgIpc) is 2.70. The summed E-state index contributed by atoms with van der Waals surface area (Å²) >= 11 is 0. The number of hydrogen-bond donors (Lipinski definition) is 0. The first-order valence-electron chi connectivity index (χ1n) is 9.58. The molecule has 0 unspecified atom stereocenters. The third-order valence-corrected chi connectivity index (χ3v) is 5.34. The molecule has 144 valence electrons. The van der Waals surface area contributed by atoms with Gasteiger partial charge >= 0.3 is 0 Å². The van der Waals surface area contributed by atoms with E-state index in [9.17, 15) is 0 Å². The van der Waals surface area contributed by atoms with Gasteiger partial charge in [-0.1, -0.05) is 0 Å². The Kier molecular flexibility index (Phi) is 5.07. The van der Waals surface area contributed by atoms with E-state index in [-0.39, 0.29) is 0 Å². The van der Waals surface area contributed by atoms with Crippen LogP contribution in [0.5, 0.6) is 0 Å². The van der Waals surface area contributed by atoms with Gasteiger partial charge in [0, 0.05) is 62.3 Å². The van der Waals surface area contributed by atoms with E-state index in [1.54, 1.807) is 6.33 Å². The van der Waals surface area contributed by atoms with Crippen molar-refractivity contribution in [3.05, 3.63) is 29.3 Å². The first kappa shape index (κ1) is 17.9. The maximum atomic E-state index is 5.46. The van der Waals surface area contributed by atoms with Crippen molar-refractivity contribution in [1.82, 2.24) is 19.9 Å². The van der Waals surface area contributed by atoms with Crippen molar-refractivity contribution in [2.45, 2.75) is 20.8 Å². The topological polar surface area (TPSA) is 70.5 Å². The van der Waals surface area contributed by atoms with Crippen LogP contribution in [0.4, 0.5) is 17.6 Å². The summed E-state index contributed by atoms with van der Waals surface area (Å²) in [5, 5.41) is 0. The number of anilines is 3. The molecule has 0 aromatic carbocycles. The van der Waals surface area contributed by atoms with Gasteiger partial charge in [-0.15, -0.1) is 0 Å². The number of aryl methyl sites for hydroxylation is 2. The Bertz CT molecular complexity index is 799. The van der Waals surface area contributed by atoms with Crippen molar-refractivity contribution < 1.29 is 4.74 Å². The summed E-state index contributed by atoms with van der Waals surface area (Å²) in [5.41, 5.74) is 3.21. The molecule has 2 saturated heterocycles. The van der Waals surface area contributed by atoms with Crippen molar-refractivity contribution in [2.75, 3.05) is 67.2 Å². The van der Waals surface area contributed by atoms with Gasteiger partial charge in [0.25, 0.3) is 0 Å². The molecule has 0 aliphatic carbocycles. The fraction of sp³-hybridized carbons (Fsp3) is 0.579. The van der Waals surface area contributed by atoms with Crippen molar-refractivity contribution >= 4 is 17.6 Å². The van der Waals surface area contributed by atoms with E-state index in [2.05, 4.69) is 37.7 Å². The van der Waals surface area contributed by atoms with Gasteiger partial charge < -0.3 is 19.4 Å². The summed E-state index contributed by atoms with van der Waals surface area (Å²) in [6, 6.07) is 2.07. The molecule has 0 radical (unpaired) electrons. The second-order valence-electron chi connectivity index (χ2n) is 7.15. The van der Waals surface area contributed by atoms with Crippen LogP contribution in [0.2, 0.25) is 0 Å². The van der Waals surface area contributed by atoms with Crippen molar-refractivity contribution in [3.8, 4) is 0 Å². The van der Waals surface area contributed by atoms with Crippen molar-refractivity contribution in [2.24, 2.45) is 0 Å². The fourth-order valence-corrected chi connectivity index (χ4v) is 3.60. The van der Waals surface area contributed by atoms with Crippen LogP contribution >= 0.6 is 0 Å². The first-order chi connectivity index (χ1) is 13.1. The molecule has 4 heterocycles. The molecular formula is C19H27N7O. The van der Waals surface area contributed by atoms with Gasteiger partial charge in [0.05, 0.1) is 13.2 Å². The van der Waals surface area contributed by atoms with Crippen molar-refractivity contribution in [3.63, 3.8) is 0 Å². The number of aromatic nitrogens is 4. The standard InChI is InChI=1S/C19H27N7O/c1-14-12-17(24-8-10-27-11-9-24)23-19(22-14)26-6-4-25(5-7-26)18-15(2)16(3)20-13-21-18/h12-13H,4-11H2,1-3H3. The lowest BCUT2D eigenvalue weighted by Crippen LogP contribution is -2.48. The van der Waals surface area contributed by atoms with Crippen LogP contribution in [0.15, 0.2) is 12.4 Å². The number of piperazine rings is 1. The third-order valence-electron chi connectivity index (χ3n) is 5.34. The minimum Gasteiger partial charge on any atom is -0.378 e. The minimum atomic E-state index is 0.759. The van der Waals surface area contributed by atoms with Gasteiger partial charge in [-0.25, -0.2) is 15.0 Å². The molecule has 0 amide bonds. The maximum absolute atomic E-state index is 5.46. The number of morpholine rings is 1. The summed E-state index contributed by atoms with van der Waals surface area (Å²) in [6.45, 7) is 13.0. The zero-order chi connectivity index (χ0) is 18.8. The molecule has 2 aliphatic heterocycles. The van der Waals surface area contributed by atoms with E-state index < -0.39 is 0 Å². The van der Waals surface area contributed by atoms with Crippen LogP contribution in [0.25, 0.3) is 0 Å². The second-order valence-corrected chi connectivity index (χ2v) is 7.15. The number of nitrogens with zero attached hydrogens (tertiary/aromatic N) is 7. The van der Waals surface area contributed by atoms with Gasteiger partial charge in [-0.2, -0.15) is 4.98 Å². The summed E-state index contributed by atoms with van der Waals surface area (Å²) in [7, 11) is 0. The molecule has 0 spiro atoms. The van der Waals surface area contributed by atoms with E-state index in [0.29, 0.717) is 0 Å². The SMILES string of the molecule is Cc1cc(N2CCOCC2)nc(N2CCN(c3ncnc(C)c3C)CC2)n1. The Morgan fingerprint density at radius 1 is 0.815 bits per heavy atom. The van der Waals surface area contributed by atoms with Gasteiger partial charge in [-0.3, -0.25) is 0 Å². The molecular weight excluding hydrogens is 342 g/mol. The first-order valence-corrected chi connectivity index (χ1v) is 9.58. The summed E-state index contributed by atoms with van der Waals surface area (Å²) in [5.74, 6) is 2.87. The van der Waals surface area contributed by atoms with Crippen LogP contribution in [0, 0.1) is 20.8 Å². The highest BCUT2D eigenvalue weighted by Crippen LogP contribution is 2.23. The normalized spacial score (nSPS) is 18.1. The van der Waals surface area contributed by atoms with Crippen LogP contribution in [-0.4, -0.2) is 72.4 Å². The summed E-state index contributed by atoms with van der Waals surface area (Å²) in [4.78, 5) is 25.2. The van der Waals surface area contributed by atoms with E-state index >= 15 is 0 Å². The Labute approximate surface area is 160 Å². The van der Waals surface area contributed by atoms with Crippen molar-refractivity contribution in [1.29, 1.82) is 0 Å². The quantitative estimate of drug-likeness (QED) is 0.803. The Morgan fingerprint density at radius 2 is 1.52 bits per heavy atom. The molecule has 4 rings (SSSR count). The highest BCUT2D eigenvalue weighted by atomic mass is 16.5. The molecule has 0 N–H and O–H groups in total. The van der Waals surface area contributed by atoms with E-state index in [0.717, 1.165) is 87.0 Å².